The largest absolute Gasteiger partial charge is 0.342 e. The molecule has 1 fully saturated rings. The SMILES string of the molecule is CC1CCN(C=O)CC1F. The Morgan fingerprint density at radius 3 is 2.90 bits per heavy atom. The summed E-state index contributed by atoms with van der Waals surface area (Å²) in [6, 6.07) is 0. The lowest BCUT2D eigenvalue weighted by Gasteiger charge is -2.29. The van der Waals surface area contributed by atoms with Crippen LogP contribution in [-0.4, -0.2) is 30.6 Å². The summed E-state index contributed by atoms with van der Waals surface area (Å²) in [4.78, 5) is 11.7. The molecule has 0 aromatic heterocycles. The second-order valence-corrected chi connectivity index (χ2v) is 2.88. The number of hydrogen-bond donors (Lipinski definition) is 0. The maximum Gasteiger partial charge on any atom is 0.209 e. The van der Waals surface area contributed by atoms with Gasteiger partial charge in [0.2, 0.25) is 6.41 Å². The molecule has 0 aromatic carbocycles. The Balaban J connectivity index is 2.40. The lowest BCUT2D eigenvalue weighted by molar-refractivity contribution is -0.120. The van der Waals surface area contributed by atoms with Gasteiger partial charge in [-0.05, 0) is 12.3 Å². The number of amides is 1. The highest BCUT2D eigenvalue weighted by atomic mass is 19.1. The van der Waals surface area contributed by atoms with Gasteiger partial charge in [0.05, 0.1) is 6.54 Å². The predicted molar refractivity (Wildman–Crippen MR) is 36.3 cm³/mol. The highest BCUT2D eigenvalue weighted by Crippen LogP contribution is 2.18. The van der Waals surface area contributed by atoms with Gasteiger partial charge in [-0.1, -0.05) is 6.92 Å². The standard InChI is InChI=1S/C7H12FNO/c1-6-2-3-9(5-10)4-7(6)8/h5-7H,2-4H2,1H3. The van der Waals surface area contributed by atoms with E-state index < -0.39 is 6.17 Å². The van der Waals surface area contributed by atoms with Gasteiger partial charge in [-0.2, -0.15) is 0 Å². The van der Waals surface area contributed by atoms with Crippen LogP contribution in [0.2, 0.25) is 0 Å². The van der Waals surface area contributed by atoms with Crippen LogP contribution in [0.25, 0.3) is 0 Å². The van der Waals surface area contributed by atoms with Gasteiger partial charge >= 0.3 is 0 Å². The average Bonchev–Trinajstić information content (AvgIpc) is 1.95. The predicted octanol–water partition coefficient (Wildman–Crippen LogP) is 0.823. The highest BCUT2D eigenvalue weighted by Gasteiger charge is 2.24. The highest BCUT2D eigenvalue weighted by molar-refractivity contribution is 5.47. The first kappa shape index (κ1) is 7.51. The summed E-state index contributed by atoms with van der Waals surface area (Å²) < 4.78 is 12.8. The molecule has 0 bridgehead atoms. The number of halogens is 1. The zero-order valence-corrected chi connectivity index (χ0v) is 6.09. The maximum atomic E-state index is 12.8. The first-order chi connectivity index (χ1) is 4.74. The Morgan fingerprint density at radius 2 is 2.40 bits per heavy atom. The van der Waals surface area contributed by atoms with E-state index >= 15 is 0 Å². The van der Waals surface area contributed by atoms with E-state index in [0.29, 0.717) is 6.54 Å². The van der Waals surface area contributed by atoms with Crippen LogP contribution in [0.1, 0.15) is 13.3 Å². The van der Waals surface area contributed by atoms with Gasteiger partial charge in [-0.25, -0.2) is 4.39 Å². The molecule has 1 amide bonds. The molecule has 2 atom stereocenters. The number of nitrogens with zero attached hydrogens (tertiary/aromatic N) is 1. The van der Waals surface area contributed by atoms with Crippen LogP contribution in [-0.2, 0) is 4.79 Å². The molecule has 3 heteroatoms. The van der Waals surface area contributed by atoms with Gasteiger partial charge in [0.1, 0.15) is 6.17 Å². The minimum absolute atomic E-state index is 0.121. The molecular weight excluding hydrogens is 133 g/mol. The van der Waals surface area contributed by atoms with E-state index in [1.165, 1.54) is 4.90 Å². The third kappa shape index (κ3) is 1.46. The topological polar surface area (TPSA) is 20.3 Å². The molecule has 1 aliphatic rings. The van der Waals surface area contributed by atoms with E-state index in [-0.39, 0.29) is 12.5 Å². The van der Waals surface area contributed by atoms with Crippen molar-refractivity contribution >= 4 is 6.41 Å². The molecule has 58 valence electrons. The van der Waals surface area contributed by atoms with Crippen LogP contribution >= 0.6 is 0 Å². The lowest BCUT2D eigenvalue weighted by Crippen LogP contribution is -2.39. The molecule has 1 heterocycles. The first-order valence-corrected chi connectivity index (χ1v) is 3.57. The molecule has 0 aliphatic carbocycles. The maximum absolute atomic E-state index is 12.8. The summed E-state index contributed by atoms with van der Waals surface area (Å²) in [5.41, 5.74) is 0. The van der Waals surface area contributed by atoms with Crippen molar-refractivity contribution in [2.24, 2.45) is 5.92 Å². The second-order valence-electron chi connectivity index (χ2n) is 2.88. The molecule has 1 aliphatic heterocycles. The zero-order chi connectivity index (χ0) is 7.56. The summed E-state index contributed by atoms with van der Waals surface area (Å²) in [6.45, 7) is 2.88. The quantitative estimate of drug-likeness (QED) is 0.500. The molecular formula is C7H12FNO. The molecule has 0 radical (unpaired) electrons. The number of piperidine rings is 1. The van der Waals surface area contributed by atoms with E-state index in [9.17, 15) is 9.18 Å². The number of carbonyl (C=O) groups excluding carboxylic acids is 1. The summed E-state index contributed by atoms with van der Waals surface area (Å²) >= 11 is 0. The summed E-state index contributed by atoms with van der Waals surface area (Å²) in [7, 11) is 0. The Hall–Kier alpha value is -0.600. The molecule has 1 rings (SSSR count). The van der Waals surface area contributed by atoms with Crippen LogP contribution in [0.4, 0.5) is 4.39 Å². The minimum Gasteiger partial charge on any atom is -0.342 e. The van der Waals surface area contributed by atoms with Crippen molar-refractivity contribution in [3.63, 3.8) is 0 Å². The van der Waals surface area contributed by atoms with Crippen LogP contribution in [0.15, 0.2) is 0 Å². The van der Waals surface area contributed by atoms with Crippen LogP contribution in [0, 0.1) is 5.92 Å². The van der Waals surface area contributed by atoms with Crippen molar-refractivity contribution < 1.29 is 9.18 Å². The number of likely N-dealkylation sites (tertiary alicyclic amines) is 1. The Bertz CT molecular complexity index is 129. The second kappa shape index (κ2) is 2.99. The van der Waals surface area contributed by atoms with E-state index in [0.717, 1.165) is 12.8 Å². The van der Waals surface area contributed by atoms with Gasteiger partial charge in [0.15, 0.2) is 0 Å². The molecule has 2 unspecified atom stereocenters. The number of hydrogen-bond acceptors (Lipinski definition) is 1. The minimum atomic E-state index is -0.820. The van der Waals surface area contributed by atoms with Gasteiger partial charge in [0, 0.05) is 6.54 Å². The van der Waals surface area contributed by atoms with Crippen LogP contribution < -0.4 is 0 Å². The zero-order valence-electron chi connectivity index (χ0n) is 6.09. The Kier molecular flexibility index (Phi) is 2.25. The smallest absolute Gasteiger partial charge is 0.209 e. The molecule has 0 N–H and O–H groups in total. The number of carbonyl (C=O) groups is 1. The molecule has 10 heavy (non-hydrogen) atoms. The molecule has 0 saturated carbocycles. The average molecular weight is 145 g/mol. The fourth-order valence-corrected chi connectivity index (χ4v) is 1.14. The van der Waals surface area contributed by atoms with Gasteiger partial charge in [-0.15, -0.1) is 0 Å². The first-order valence-electron chi connectivity index (χ1n) is 3.57. The van der Waals surface area contributed by atoms with Crippen LogP contribution in [0.5, 0.6) is 0 Å². The molecule has 1 saturated heterocycles. The number of rotatable bonds is 1. The van der Waals surface area contributed by atoms with E-state index in [1.807, 2.05) is 6.92 Å². The molecule has 0 aromatic rings. The van der Waals surface area contributed by atoms with Gasteiger partial charge < -0.3 is 4.90 Å². The van der Waals surface area contributed by atoms with Crippen molar-refractivity contribution in [2.45, 2.75) is 19.5 Å². The van der Waals surface area contributed by atoms with Crippen molar-refractivity contribution in [1.82, 2.24) is 4.90 Å². The van der Waals surface area contributed by atoms with Crippen molar-refractivity contribution in [3.8, 4) is 0 Å². The van der Waals surface area contributed by atoms with Crippen LogP contribution in [0.3, 0.4) is 0 Å². The lowest BCUT2D eigenvalue weighted by atomic mass is 9.98. The summed E-state index contributed by atoms with van der Waals surface area (Å²) in [6.07, 6.45) is 0.692. The van der Waals surface area contributed by atoms with Gasteiger partial charge in [0.25, 0.3) is 0 Å². The van der Waals surface area contributed by atoms with Crippen molar-refractivity contribution in [2.75, 3.05) is 13.1 Å². The third-order valence-corrected chi connectivity index (χ3v) is 2.05. The normalized spacial score (nSPS) is 34.0. The van der Waals surface area contributed by atoms with Crippen molar-refractivity contribution in [1.29, 1.82) is 0 Å². The van der Waals surface area contributed by atoms with E-state index in [2.05, 4.69) is 0 Å². The fraction of sp³-hybridized carbons (Fsp3) is 0.857. The molecule has 2 nitrogen and oxygen atoms in total. The summed E-state index contributed by atoms with van der Waals surface area (Å²) in [5.74, 6) is 0.121. The number of alkyl halides is 1. The Morgan fingerprint density at radius 1 is 1.70 bits per heavy atom. The van der Waals surface area contributed by atoms with E-state index in [1.54, 1.807) is 0 Å². The van der Waals surface area contributed by atoms with Crippen molar-refractivity contribution in [3.05, 3.63) is 0 Å². The Labute approximate surface area is 60.0 Å². The third-order valence-electron chi connectivity index (χ3n) is 2.05. The van der Waals surface area contributed by atoms with Gasteiger partial charge in [-0.3, -0.25) is 4.79 Å². The monoisotopic (exact) mass is 145 g/mol. The summed E-state index contributed by atoms with van der Waals surface area (Å²) in [5, 5.41) is 0. The fourth-order valence-electron chi connectivity index (χ4n) is 1.14. The molecule has 0 spiro atoms. The van der Waals surface area contributed by atoms with E-state index in [4.69, 9.17) is 0 Å².